The monoisotopic (exact) mass is 354 g/mol. The lowest BCUT2D eigenvalue weighted by atomic mass is 10.0. The van der Waals surface area contributed by atoms with Gasteiger partial charge in [0.2, 0.25) is 0 Å². The molecule has 0 spiro atoms. The summed E-state index contributed by atoms with van der Waals surface area (Å²) in [5.41, 5.74) is 4.44. The summed E-state index contributed by atoms with van der Waals surface area (Å²) < 4.78 is 0.663. The molecule has 3 nitrogen and oxygen atoms in total. The van der Waals surface area contributed by atoms with Gasteiger partial charge in [-0.3, -0.25) is 4.79 Å². The van der Waals surface area contributed by atoms with E-state index in [2.05, 4.69) is 42.0 Å². The number of nitrogens with zero attached hydrogens (tertiary/aromatic N) is 1. The van der Waals surface area contributed by atoms with E-state index >= 15 is 0 Å². The average Bonchev–Trinajstić information content (AvgIpc) is 2.31. The van der Waals surface area contributed by atoms with Crippen LogP contribution >= 0.6 is 22.6 Å². The van der Waals surface area contributed by atoms with Crippen LogP contribution in [0.4, 0.5) is 0 Å². The van der Waals surface area contributed by atoms with Gasteiger partial charge in [0, 0.05) is 6.42 Å². The molecule has 1 heterocycles. The van der Waals surface area contributed by atoms with E-state index in [1.807, 2.05) is 29.5 Å². The summed E-state index contributed by atoms with van der Waals surface area (Å²) in [6.45, 7) is 6.04. The van der Waals surface area contributed by atoms with Gasteiger partial charge in [-0.25, -0.2) is 4.98 Å². The van der Waals surface area contributed by atoms with Crippen molar-refractivity contribution in [1.29, 1.82) is 0 Å². The Morgan fingerprint density at radius 3 is 2.56 bits per heavy atom. The van der Waals surface area contributed by atoms with E-state index < -0.39 is 0 Å². The lowest BCUT2D eigenvalue weighted by molar-refractivity contribution is 0.909. The lowest BCUT2D eigenvalue weighted by Gasteiger charge is -2.06. The Kier molecular flexibility index (Phi) is 3.85. The van der Waals surface area contributed by atoms with Crippen molar-refractivity contribution in [2.45, 2.75) is 27.2 Å². The molecule has 2 rings (SSSR count). The van der Waals surface area contributed by atoms with Crippen molar-refractivity contribution >= 4 is 22.6 Å². The molecule has 1 aromatic carbocycles. The zero-order valence-electron chi connectivity index (χ0n) is 10.7. The van der Waals surface area contributed by atoms with E-state index in [1.54, 1.807) is 0 Å². The van der Waals surface area contributed by atoms with Gasteiger partial charge in [0.1, 0.15) is 5.82 Å². The zero-order chi connectivity index (χ0) is 13.3. The fraction of sp³-hybridized carbons (Fsp3) is 0.286. The third kappa shape index (κ3) is 2.80. The van der Waals surface area contributed by atoms with Crippen LogP contribution in [-0.2, 0) is 6.42 Å². The highest BCUT2D eigenvalue weighted by molar-refractivity contribution is 14.1. The van der Waals surface area contributed by atoms with E-state index in [9.17, 15) is 4.79 Å². The van der Waals surface area contributed by atoms with Crippen molar-refractivity contribution in [3.8, 4) is 0 Å². The Hall–Kier alpha value is -1.17. The van der Waals surface area contributed by atoms with Crippen molar-refractivity contribution < 1.29 is 0 Å². The maximum Gasteiger partial charge on any atom is 0.264 e. The lowest BCUT2D eigenvalue weighted by Crippen LogP contribution is -2.16. The first-order valence-electron chi connectivity index (χ1n) is 5.79. The maximum atomic E-state index is 11.7. The third-order valence-electron chi connectivity index (χ3n) is 3.02. The van der Waals surface area contributed by atoms with Gasteiger partial charge in [-0.15, -0.1) is 0 Å². The van der Waals surface area contributed by atoms with E-state index in [0.29, 0.717) is 9.99 Å². The molecule has 1 N–H and O–H groups in total. The number of halogens is 1. The van der Waals surface area contributed by atoms with E-state index in [0.717, 1.165) is 11.5 Å². The van der Waals surface area contributed by atoms with Gasteiger partial charge in [0.05, 0.1) is 9.26 Å². The van der Waals surface area contributed by atoms with Crippen LogP contribution in [0.2, 0.25) is 0 Å². The molecular formula is C14H15IN2O. The largest absolute Gasteiger partial charge is 0.309 e. The summed E-state index contributed by atoms with van der Waals surface area (Å²) in [5, 5.41) is 0. The highest BCUT2D eigenvalue weighted by Gasteiger charge is 2.06. The number of rotatable bonds is 2. The topological polar surface area (TPSA) is 45.8 Å². The van der Waals surface area contributed by atoms with Crippen molar-refractivity contribution in [2.75, 3.05) is 0 Å². The first-order chi connectivity index (χ1) is 8.47. The molecule has 0 aliphatic heterocycles. The SMILES string of the molecule is Cc1ccc(Cc2nc(C)c(I)c(=O)[nH]2)cc1C. The Balaban J connectivity index is 2.34. The summed E-state index contributed by atoms with van der Waals surface area (Å²) in [6.07, 6.45) is 0.661. The van der Waals surface area contributed by atoms with E-state index in [-0.39, 0.29) is 5.56 Å². The summed E-state index contributed by atoms with van der Waals surface area (Å²) in [6, 6.07) is 6.32. The smallest absolute Gasteiger partial charge is 0.264 e. The van der Waals surface area contributed by atoms with Crippen LogP contribution in [0.5, 0.6) is 0 Å². The molecule has 94 valence electrons. The predicted molar refractivity (Wildman–Crippen MR) is 81.0 cm³/mol. The molecule has 0 radical (unpaired) electrons. The van der Waals surface area contributed by atoms with E-state index in [1.165, 1.54) is 16.7 Å². The summed E-state index contributed by atoms with van der Waals surface area (Å²) in [4.78, 5) is 18.9. The Morgan fingerprint density at radius 2 is 1.94 bits per heavy atom. The fourth-order valence-electron chi connectivity index (χ4n) is 1.82. The van der Waals surface area contributed by atoms with Gasteiger partial charge < -0.3 is 4.98 Å². The molecular weight excluding hydrogens is 339 g/mol. The number of aromatic nitrogens is 2. The van der Waals surface area contributed by atoms with Crippen molar-refractivity contribution in [3.63, 3.8) is 0 Å². The van der Waals surface area contributed by atoms with Gasteiger partial charge in [-0.2, -0.15) is 0 Å². The number of nitrogens with one attached hydrogen (secondary N) is 1. The molecule has 0 aliphatic rings. The molecule has 0 saturated heterocycles. The van der Waals surface area contributed by atoms with Crippen LogP contribution in [0.1, 0.15) is 28.2 Å². The standard InChI is InChI=1S/C14H15IN2O/c1-8-4-5-11(6-9(8)2)7-12-16-10(3)13(15)14(18)17-12/h4-6H,7H2,1-3H3,(H,16,17,18). The summed E-state index contributed by atoms with van der Waals surface area (Å²) in [7, 11) is 0. The van der Waals surface area contributed by atoms with Crippen molar-refractivity contribution in [2.24, 2.45) is 0 Å². The van der Waals surface area contributed by atoms with Gasteiger partial charge >= 0.3 is 0 Å². The minimum atomic E-state index is -0.0538. The Morgan fingerprint density at radius 1 is 1.22 bits per heavy atom. The molecule has 18 heavy (non-hydrogen) atoms. The third-order valence-corrected chi connectivity index (χ3v) is 4.29. The molecule has 0 unspecified atom stereocenters. The Labute approximate surface area is 120 Å². The molecule has 2 aromatic rings. The van der Waals surface area contributed by atoms with Crippen LogP contribution in [0.25, 0.3) is 0 Å². The van der Waals surface area contributed by atoms with Crippen LogP contribution in [-0.4, -0.2) is 9.97 Å². The van der Waals surface area contributed by atoms with Crippen LogP contribution in [0, 0.1) is 24.3 Å². The van der Waals surface area contributed by atoms with Crippen molar-refractivity contribution in [3.05, 3.63) is 60.3 Å². The van der Waals surface area contributed by atoms with Crippen LogP contribution in [0.3, 0.4) is 0 Å². The number of H-pyrrole nitrogens is 1. The highest BCUT2D eigenvalue weighted by Crippen LogP contribution is 2.12. The van der Waals surface area contributed by atoms with Crippen LogP contribution in [0.15, 0.2) is 23.0 Å². The van der Waals surface area contributed by atoms with Crippen LogP contribution < -0.4 is 5.56 Å². The number of hydrogen-bond donors (Lipinski definition) is 1. The van der Waals surface area contributed by atoms with Gasteiger partial charge in [-0.05, 0) is 60.1 Å². The van der Waals surface area contributed by atoms with E-state index in [4.69, 9.17) is 0 Å². The average molecular weight is 354 g/mol. The summed E-state index contributed by atoms with van der Waals surface area (Å²) in [5.74, 6) is 0.723. The molecule has 0 bridgehead atoms. The highest BCUT2D eigenvalue weighted by atomic mass is 127. The molecule has 4 heteroatoms. The van der Waals surface area contributed by atoms with Crippen molar-refractivity contribution in [1.82, 2.24) is 9.97 Å². The first-order valence-corrected chi connectivity index (χ1v) is 6.86. The number of hydrogen-bond acceptors (Lipinski definition) is 2. The molecule has 0 fully saturated rings. The number of aryl methyl sites for hydroxylation is 3. The zero-order valence-corrected chi connectivity index (χ0v) is 12.8. The molecule has 1 aromatic heterocycles. The molecule has 0 amide bonds. The molecule has 0 aliphatic carbocycles. The minimum absolute atomic E-state index is 0.0538. The predicted octanol–water partition coefficient (Wildman–Crippen LogP) is 2.89. The molecule has 0 atom stereocenters. The second-order valence-electron chi connectivity index (χ2n) is 4.51. The van der Waals surface area contributed by atoms with Gasteiger partial charge in [0.25, 0.3) is 5.56 Å². The number of benzene rings is 1. The first kappa shape index (κ1) is 13.3. The van der Waals surface area contributed by atoms with Gasteiger partial charge in [0.15, 0.2) is 0 Å². The second-order valence-corrected chi connectivity index (χ2v) is 5.59. The minimum Gasteiger partial charge on any atom is -0.309 e. The normalized spacial score (nSPS) is 10.7. The molecule has 0 saturated carbocycles. The fourth-order valence-corrected chi connectivity index (χ4v) is 2.08. The second kappa shape index (κ2) is 5.22. The number of aromatic amines is 1. The maximum absolute atomic E-state index is 11.7. The Bertz CT molecular complexity index is 647. The quantitative estimate of drug-likeness (QED) is 0.843. The summed E-state index contributed by atoms with van der Waals surface area (Å²) >= 11 is 2.02. The van der Waals surface area contributed by atoms with Gasteiger partial charge in [-0.1, -0.05) is 18.2 Å².